The van der Waals surface area contributed by atoms with Crippen LogP contribution in [0.3, 0.4) is 0 Å². The Labute approximate surface area is 175 Å². The summed E-state index contributed by atoms with van der Waals surface area (Å²) in [6.45, 7) is 4.63. The Bertz CT molecular complexity index is 513. The Hall–Kier alpha value is -0.780. The zero-order valence-electron chi connectivity index (χ0n) is 18.9. The van der Waals surface area contributed by atoms with E-state index in [1.165, 1.54) is 103 Å². The lowest BCUT2D eigenvalue weighted by Crippen LogP contribution is -2.24. The molecule has 2 aliphatic rings. The molecule has 28 heavy (non-hydrogen) atoms. The maximum atomic E-state index is 2.46. The van der Waals surface area contributed by atoms with E-state index in [2.05, 4.69) is 38.1 Å². The fourth-order valence-electron chi connectivity index (χ4n) is 5.82. The molecule has 2 aliphatic carbocycles. The van der Waals surface area contributed by atoms with Gasteiger partial charge in [0.25, 0.3) is 0 Å². The van der Waals surface area contributed by atoms with Crippen molar-refractivity contribution in [1.82, 2.24) is 0 Å². The molecule has 1 aromatic carbocycles. The first-order valence-electron chi connectivity index (χ1n) is 12.9. The Morgan fingerprint density at radius 1 is 0.643 bits per heavy atom. The molecule has 2 saturated carbocycles. The van der Waals surface area contributed by atoms with Crippen LogP contribution >= 0.6 is 0 Å². The Kier molecular flexibility index (Phi) is 9.42. The third-order valence-corrected chi connectivity index (χ3v) is 7.90. The summed E-state index contributed by atoms with van der Waals surface area (Å²) in [7, 11) is 0. The number of rotatable bonds is 12. The summed E-state index contributed by atoms with van der Waals surface area (Å²) in [5.74, 6) is 3.95. The van der Waals surface area contributed by atoms with E-state index in [9.17, 15) is 0 Å². The minimum Gasteiger partial charge on any atom is -0.0654 e. The summed E-state index contributed by atoms with van der Waals surface area (Å²) >= 11 is 0. The van der Waals surface area contributed by atoms with Gasteiger partial charge in [-0.1, -0.05) is 89.5 Å². The van der Waals surface area contributed by atoms with Gasteiger partial charge in [0, 0.05) is 0 Å². The summed E-state index contributed by atoms with van der Waals surface area (Å²) in [5, 5.41) is 0. The highest BCUT2D eigenvalue weighted by Crippen LogP contribution is 2.40. The molecule has 0 radical (unpaired) electrons. The summed E-state index contributed by atoms with van der Waals surface area (Å²) in [6, 6.07) is 9.82. The number of hydrogen-bond acceptors (Lipinski definition) is 0. The van der Waals surface area contributed by atoms with Gasteiger partial charge in [-0.15, -0.1) is 0 Å². The normalized spacial score (nSPS) is 27.5. The highest BCUT2D eigenvalue weighted by Gasteiger charge is 2.28. The van der Waals surface area contributed by atoms with E-state index >= 15 is 0 Å². The van der Waals surface area contributed by atoms with Crippen molar-refractivity contribution >= 4 is 0 Å². The zero-order chi connectivity index (χ0) is 19.6. The highest BCUT2D eigenvalue weighted by molar-refractivity contribution is 5.26. The van der Waals surface area contributed by atoms with Crippen LogP contribution in [0.5, 0.6) is 0 Å². The topological polar surface area (TPSA) is 0 Å². The molecule has 0 heterocycles. The van der Waals surface area contributed by atoms with E-state index < -0.39 is 0 Å². The second-order valence-corrected chi connectivity index (χ2v) is 10.2. The molecule has 0 saturated heterocycles. The van der Waals surface area contributed by atoms with Crippen molar-refractivity contribution in [1.29, 1.82) is 0 Å². The van der Waals surface area contributed by atoms with Gasteiger partial charge < -0.3 is 0 Å². The summed E-state index contributed by atoms with van der Waals surface area (Å²) in [6.07, 6.45) is 23.1. The van der Waals surface area contributed by atoms with Crippen molar-refractivity contribution in [2.45, 2.75) is 122 Å². The third-order valence-electron chi connectivity index (χ3n) is 7.90. The lowest BCUT2D eigenvalue weighted by atomic mass is 9.70. The maximum Gasteiger partial charge on any atom is -0.0162 e. The molecule has 0 unspecified atom stereocenters. The predicted octanol–water partition coefficient (Wildman–Crippen LogP) is 9.08. The lowest BCUT2D eigenvalue weighted by Gasteiger charge is -2.35. The van der Waals surface area contributed by atoms with E-state index in [0.717, 1.165) is 23.7 Å². The van der Waals surface area contributed by atoms with E-state index in [1.807, 2.05) is 0 Å². The highest BCUT2D eigenvalue weighted by atomic mass is 14.3. The van der Waals surface area contributed by atoms with E-state index in [-0.39, 0.29) is 0 Å². The first-order valence-corrected chi connectivity index (χ1v) is 12.9. The Morgan fingerprint density at radius 3 is 1.82 bits per heavy atom. The molecule has 0 N–H and O–H groups in total. The van der Waals surface area contributed by atoms with Gasteiger partial charge in [-0.05, 0) is 86.2 Å². The van der Waals surface area contributed by atoms with Gasteiger partial charge in [0.1, 0.15) is 0 Å². The van der Waals surface area contributed by atoms with Crippen molar-refractivity contribution in [3.8, 4) is 0 Å². The second kappa shape index (κ2) is 12.0. The number of hydrogen-bond donors (Lipinski definition) is 0. The molecule has 0 bridgehead atoms. The van der Waals surface area contributed by atoms with Crippen LogP contribution in [0.4, 0.5) is 0 Å². The van der Waals surface area contributed by atoms with Gasteiger partial charge in [-0.25, -0.2) is 0 Å². The molecule has 0 atom stereocenters. The molecule has 1 aromatic rings. The minimum absolute atomic E-state index is 0.840. The number of benzene rings is 1. The fourth-order valence-corrected chi connectivity index (χ4v) is 5.82. The maximum absolute atomic E-state index is 2.46. The monoisotopic (exact) mass is 382 g/mol. The zero-order valence-corrected chi connectivity index (χ0v) is 18.9. The average Bonchev–Trinajstić information content (AvgIpc) is 2.70. The second-order valence-electron chi connectivity index (χ2n) is 10.2. The molecule has 0 heteroatoms. The van der Waals surface area contributed by atoms with Crippen molar-refractivity contribution < 1.29 is 0 Å². The van der Waals surface area contributed by atoms with Crippen LogP contribution < -0.4 is 0 Å². The van der Waals surface area contributed by atoms with Crippen molar-refractivity contribution in [3.63, 3.8) is 0 Å². The molecule has 0 nitrogen and oxygen atoms in total. The lowest BCUT2D eigenvalue weighted by molar-refractivity contribution is 0.168. The standard InChI is InChI=1S/C28H46/c1-3-5-7-9-23-13-17-27(18-14-23)28-19-15-24(16-20-28)11-12-26-21-25(22-26)10-8-6-4-2/h15-16,19-20,23,25-27H,3-14,17-18,21-22H2,1-2H3/t23-,25?,26?,27-. The van der Waals surface area contributed by atoms with Gasteiger partial charge in [-0.3, -0.25) is 0 Å². The molecule has 0 aromatic heterocycles. The molecule has 2 fully saturated rings. The van der Waals surface area contributed by atoms with Gasteiger partial charge in [0.15, 0.2) is 0 Å². The van der Waals surface area contributed by atoms with Gasteiger partial charge in [0.05, 0.1) is 0 Å². The molecular formula is C28H46. The molecule has 0 amide bonds. The smallest absolute Gasteiger partial charge is 0.0162 e. The predicted molar refractivity (Wildman–Crippen MR) is 124 cm³/mol. The molecular weight excluding hydrogens is 336 g/mol. The largest absolute Gasteiger partial charge is 0.0654 e. The van der Waals surface area contributed by atoms with Crippen LogP contribution in [-0.4, -0.2) is 0 Å². The average molecular weight is 383 g/mol. The van der Waals surface area contributed by atoms with Crippen molar-refractivity contribution in [2.75, 3.05) is 0 Å². The van der Waals surface area contributed by atoms with Crippen LogP contribution in [-0.2, 0) is 6.42 Å². The minimum atomic E-state index is 0.840. The molecule has 0 aliphatic heterocycles. The first kappa shape index (κ1) is 21.9. The Balaban J connectivity index is 1.31. The number of aryl methyl sites for hydroxylation is 1. The van der Waals surface area contributed by atoms with E-state index in [0.29, 0.717) is 0 Å². The van der Waals surface area contributed by atoms with Crippen LogP contribution in [0.15, 0.2) is 24.3 Å². The first-order chi connectivity index (χ1) is 13.8. The third kappa shape index (κ3) is 6.93. The summed E-state index contributed by atoms with van der Waals surface area (Å²) < 4.78 is 0. The van der Waals surface area contributed by atoms with Crippen molar-refractivity contribution in [3.05, 3.63) is 35.4 Å². The van der Waals surface area contributed by atoms with Crippen LogP contribution in [0.25, 0.3) is 0 Å². The van der Waals surface area contributed by atoms with Gasteiger partial charge in [-0.2, -0.15) is 0 Å². The SMILES string of the molecule is CCCCCC1CC(CCc2ccc([C@H]3CC[C@H](CCCCC)CC3)cc2)C1. The van der Waals surface area contributed by atoms with Crippen LogP contribution in [0.1, 0.15) is 127 Å². The van der Waals surface area contributed by atoms with Crippen molar-refractivity contribution in [2.24, 2.45) is 17.8 Å². The van der Waals surface area contributed by atoms with Crippen LogP contribution in [0, 0.1) is 17.8 Å². The summed E-state index contributed by atoms with van der Waals surface area (Å²) in [4.78, 5) is 0. The number of unbranched alkanes of at least 4 members (excludes halogenated alkanes) is 4. The molecule has 3 rings (SSSR count). The van der Waals surface area contributed by atoms with E-state index in [1.54, 1.807) is 11.1 Å². The van der Waals surface area contributed by atoms with Gasteiger partial charge in [0.2, 0.25) is 0 Å². The van der Waals surface area contributed by atoms with Gasteiger partial charge >= 0.3 is 0 Å². The molecule has 0 spiro atoms. The quantitative estimate of drug-likeness (QED) is 0.316. The van der Waals surface area contributed by atoms with Crippen LogP contribution in [0.2, 0.25) is 0 Å². The summed E-state index contributed by atoms with van der Waals surface area (Å²) in [5.41, 5.74) is 3.20. The van der Waals surface area contributed by atoms with E-state index in [4.69, 9.17) is 0 Å². The fraction of sp³-hybridized carbons (Fsp3) is 0.786. The molecule has 158 valence electrons. The Morgan fingerprint density at radius 2 is 1.21 bits per heavy atom.